The summed E-state index contributed by atoms with van der Waals surface area (Å²) in [4.78, 5) is 18.9. The minimum Gasteiger partial charge on any atom is -0.491 e. The number of nitrogens with zero attached hydrogens (tertiary/aromatic N) is 2. The molecular weight excluding hydrogens is 302 g/mol. The number of pyridine rings is 1. The number of hydrogen-bond acceptors (Lipinski definition) is 4. The third kappa shape index (κ3) is 4.72. The van der Waals surface area contributed by atoms with Gasteiger partial charge in [0, 0.05) is 30.5 Å². The summed E-state index contributed by atoms with van der Waals surface area (Å²) in [5, 5.41) is 2.90. The first-order valence-electron chi connectivity index (χ1n) is 8.32. The summed E-state index contributed by atoms with van der Waals surface area (Å²) in [6, 6.07) is 10.9. The first-order valence-corrected chi connectivity index (χ1v) is 8.32. The van der Waals surface area contributed by atoms with Gasteiger partial charge in [0.2, 0.25) is 0 Å². The van der Waals surface area contributed by atoms with Crippen molar-refractivity contribution < 1.29 is 9.53 Å². The van der Waals surface area contributed by atoms with Gasteiger partial charge in [-0.05, 0) is 64.1 Å². The van der Waals surface area contributed by atoms with Gasteiger partial charge in [-0.25, -0.2) is 4.98 Å². The fourth-order valence-electron chi connectivity index (χ4n) is 2.37. The maximum absolute atomic E-state index is 12.4. The molecule has 0 aliphatic heterocycles. The molecule has 1 amide bonds. The number of nitrogens with one attached hydrogen (secondary N) is 1. The van der Waals surface area contributed by atoms with Gasteiger partial charge in [0.05, 0.1) is 6.10 Å². The zero-order valence-electron chi connectivity index (χ0n) is 14.7. The first kappa shape index (κ1) is 17.8. The summed E-state index contributed by atoms with van der Waals surface area (Å²) >= 11 is 0. The van der Waals surface area contributed by atoms with Crippen LogP contribution in [-0.4, -0.2) is 30.1 Å². The Hall–Kier alpha value is -2.56. The molecule has 0 spiro atoms. The maximum atomic E-state index is 12.4. The van der Waals surface area contributed by atoms with Crippen LogP contribution in [0.15, 0.2) is 42.6 Å². The van der Waals surface area contributed by atoms with Crippen molar-refractivity contribution in [1.29, 1.82) is 0 Å². The zero-order valence-corrected chi connectivity index (χ0v) is 14.7. The van der Waals surface area contributed by atoms with Crippen LogP contribution in [0.25, 0.3) is 0 Å². The van der Waals surface area contributed by atoms with Crippen LogP contribution in [0.4, 0.5) is 11.5 Å². The van der Waals surface area contributed by atoms with Gasteiger partial charge in [-0.15, -0.1) is 0 Å². The molecule has 0 fully saturated rings. The van der Waals surface area contributed by atoms with Crippen LogP contribution in [0.1, 0.15) is 38.1 Å². The van der Waals surface area contributed by atoms with E-state index in [1.807, 2.05) is 44.2 Å². The molecule has 0 saturated heterocycles. The van der Waals surface area contributed by atoms with Crippen LogP contribution in [-0.2, 0) is 0 Å². The minimum absolute atomic E-state index is 0.126. The lowest BCUT2D eigenvalue weighted by molar-refractivity contribution is 0.102. The molecule has 0 atom stereocenters. The van der Waals surface area contributed by atoms with Crippen LogP contribution in [0.2, 0.25) is 0 Å². The largest absolute Gasteiger partial charge is 0.491 e. The molecule has 1 heterocycles. The molecule has 1 aromatic heterocycles. The van der Waals surface area contributed by atoms with E-state index in [0.717, 1.165) is 30.3 Å². The van der Waals surface area contributed by atoms with Crippen molar-refractivity contribution in [3.63, 3.8) is 0 Å². The summed E-state index contributed by atoms with van der Waals surface area (Å²) in [6.45, 7) is 9.80. The Balaban J connectivity index is 2.08. The van der Waals surface area contributed by atoms with E-state index in [4.69, 9.17) is 4.74 Å². The molecule has 0 saturated carbocycles. The SMILES string of the molecule is CCN(CC)c1cc(C(=O)Nc2ccc(OC(C)C)cc2)ccn1. The summed E-state index contributed by atoms with van der Waals surface area (Å²) in [7, 11) is 0. The van der Waals surface area contributed by atoms with E-state index in [-0.39, 0.29) is 12.0 Å². The molecule has 0 aliphatic rings. The van der Waals surface area contributed by atoms with Crippen LogP contribution < -0.4 is 15.0 Å². The predicted molar refractivity (Wildman–Crippen MR) is 98.0 cm³/mol. The minimum atomic E-state index is -0.150. The van der Waals surface area contributed by atoms with Crippen molar-refractivity contribution in [3.8, 4) is 5.75 Å². The number of rotatable bonds is 7. The first-order chi connectivity index (χ1) is 11.5. The number of aromatic nitrogens is 1. The number of hydrogen-bond donors (Lipinski definition) is 1. The average molecular weight is 327 g/mol. The van der Waals surface area contributed by atoms with E-state index in [0.29, 0.717) is 5.56 Å². The lowest BCUT2D eigenvalue weighted by atomic mass is 10.2. The Labute approximate surface area is 143 Å². The fraction of sp³-hybridized carbons (Fsp3) is 0.368. The van der Waals surface area contributed by atoms with Crippen molar-refractivity contribution in [2.75, 3.05) is 23.3 Å². The van der Waals surface area contributed by atoms with E-state index >= 15 is 0 Å². The summed E-state index contributed by atoms with van der Waals surface area (Å²) in [5.74, 6) is 1.45. The number of benzene rings is 1. The molecule has 0 aliphatic carbocycles. The van der Waals surface area contributed by atoms with Gasteiger partial charge in [0.25, 0.3) is 5.91 Å². The molecule has 2 aromatic rings. The summed E-state index contributed by atoms with van der Waals surface area (Å²) in [5.41, 5.74) is 1.33. The summed E-state index contributed by atoms with van der Waals surface area (Å²) in [6.07, 6.45) is 1.79. The van der Waals surface area contributed by atoms with Gasteiger partial charge >= 0.3 is 0 Å². The standard InChI is InChI=1S/C19H25N3O2/c1-5-22(6-2)18-13-15(11-12-20-18)19(23)21-16-7-9-17(10-8-16)24-14(3)4/h7-14H,5-6H2,1-4H3,(H,21,23). The second kappa shape index (κ2) is 8.34. The second-order valence-corrected chi connectivity index (χ2v) is 5.72. The Bertz CT molecular complexity index is 665. The van der Waals surface area contributed by atoms with Gasteiger partial charge in [-0.3, -0.25) is 4.79 Å². The quantitative estimate of drug-likeness (QED) is 0.836. The number of carbonyl (C=O) groups is 1. The molecule has 0 unspecified atom stereocenters. The van der Waals surface area contributed by atoms with Gasteiger partial charge in [0.15, 0.2) is 0 Å². The number of ether oxygens (including phenoxy) is 1. The van der Waals surface area contributed by atoms with E-state index in [2.05, 4.69) is 29.0 Å². The number of anilines is 2. The Morgan fingerprint density at radius 3 is 2.42 bits per heavy atom. The maximum Gasteiger partial charge on any atom is 0.255 e. The molecule has 24 heavy (non-hydrogen) atoms. The topological polar surface area (TPSA) is 54.5 Å². The highest BCUT2D eigenvalue weighted by Gasteiger charge is 2.10. The Morgan fingerprint density at radius 1 is 1.17 bits per heavy atom. The molecule has 0 bridgehead atoms. The van der Waals surface area contributed by atoms with Gasteiger partial charge < -0.3 is 15.0 Å². The number of amides is 1. The van der Waals surface area contributed by atoms with E-state index < -0.39 is 0 Å². The highest BCUT2D eigenvalue weighted by Crippen LogP contribution is 2.18. The smallest absolute Gasteiger partial charge is 0.255 e. The third-order valence-corrected chi connectivity index (χ3v) is 3.58. The molecule has 5 heteroatoms. The molecule has 2 rings (SSSR count). The second-order valence-electron chi connectivity index (χ2n) is 5.72. The zero-order chi connectivity index (χ0) is 17.5. The van der Waals surface area contributed by atoms with Crippen molar-refractivity contribution in [2.24, 2.45) is 0 Å². The van der Waals surface area contributed by atoms with Crippen LogP contribution in [0, 0.1) is 0 Å². The van der Waals surface area contributed by atoms with E-state index in [1.54, 1.807) is 12.3 Å². The molecule has 128 valence electrons. The average Bonchev–Trinajstić information content (AvgIpc) is 2.57. The van der Waals surface area contributed by atoms with Gasteiger partial charge in [-0.2, -0.15) is 0 Å². The fourth-order valence-corrected chi connectivity index (χ4v) is 2.37. The Morgan fingerprint density at radius 2 is 1.83 bits per heavy atom. The van der Waals surface area contributed by atoms with E-state index in [9.17, 15) is 4.79 Å². The third-order valence-electron chi connectivity index (χ3n) is 3.58. The molecule has 1 aromatic carbocycles. The molecule has 0 radical (unpaired) electrons. The lowest BCUT2D eigenvalue weighted by Gasteiger charge is -2.20. The molecular formula is C19H25N3O2. The van der Waals surface area contributed by atoms with Crippen molar-refractivity contribution in [2.45, 2.75) is 33.8 Å². The predicted octanol–water partition coefficient (Wildman–Crippen LogP) is 3.97. The van der Waals surface area contributed by atoms with Crippen LogP contribution in [0.5, 0.6) is 5.75 Å². The van der Waals surface area contributed by atoms with E-state index in [1.165, 1.54) is 0 Å². The lowest BCUT2D eigenvalue weighted by Crippen LogP contribution is -2.23. The number of carbonyl (C=O) groups excluding carboxylic acids is 1. The van der Waals surface area contributed by atoms with Crippen molar-refractivity contribution in [3.05, 3.63) is 48.2 Å². The Kier molecular flexibility index (Phi) is 6.18. The molecule has 1 N–H and O–H groups in total. The highest BCUT2D eigenvalue weighted by molar-refractivity contribution is 6.04. The van der Waals surface area contributed by atoms with Crippen molar-refractivity contribution in [1.82, 2.24) is 4.98 Å². The van der Waals surface area contributed by atoms with Crippen LogP contribution in [0.3, 0.4) is 0 Å². The van der Waals surface area contributed by atoms with Crippen molar-refractivity contribution >= 4 is 17.4 Å². The highest BCUT2D eigenvalue weighted by atomic mass is 16.5. The van der Waals surface area contributed by atoms with Gasteiger partial charge in [0.1, 0.15) is 11.6 Å². The van der Waals surface area contributed by atoms with Gasteiger partial charge in [-0.1, -0.05) is 0 Å². The summed E-state index contributed by atoms with van der Waals surface area (Å²) < 4.78 is 5.60. The monoisotopic (exact) mass is 327 g/mol. The van der Waals surface area contributed by atoms with Crippen LogP contribution >= 0.6 is 0 Å². The molecule has 5 nitrogen and oxygen atoms in total. The normalized spacial score (nSPS) is 10.5.